The second-order valence-corrected chi connectivity index (χ2v) is 6.61. The Bertz CT molecular complexity index is 422. The fourth-order valence-corrected chi connectivity index (χ4v) is 3.54. The van der Waals surface area contributed by atoms with Gasteiger partial charge in [-0.25, -0.2) is 0 Å². The topological polar surface area (TPSA) is 24.5 Å². The van der Waals surface area contributed by atoms with Crippen molar-refractivity contribution in [1.29, 1.82) is 0 Å². The van der Waals surface area contributed by atoms with Gasteiger partial charge < -0.3 is 10.1 Å². The van der Waals surface area contributed by atoms with Crippen LogP contribution in [0.3, 0.4) is 0 Å². The van der Waals surface area contributed by atoms with E-state index in [1.807, 2.05) is 0 Å². The van der Waals surface area contributed by atoms with Gasteiger partial charge in [-0.05, 0) is 44.7 Å². The van der Waals surface area contributed by atoms with Crippen LogP contribution in [0.1, 0.15) is 38.2 Å². The minimum atomic E-state index is 0.435. The van der Waals surface area contributed by atoms with Crippen molar-refractivity contribution in [2.75, 3.05) is 19.6 Å². The summed E-state index contributed by atoms with van der Waals surface area (Å²) in [7, 11) is 0. The number of hydrogen-bond donors (Lipinski definition) is 1. The van der Waals surface area contributed by atoms with Gasteiger partial charge in [-0.1, -0.05) is 30.3 Å². The maximum absolute atomic E-state index is 5.90. The average molecular weight is 288 g/mol. The molecule has 2 fully saturated rings. The molecule has 0 aromatic heterocycles. The predicted octanol–water partition coefficient (Wildman–Crippen LogP) is 2.81. The van der Waals surface area contributed by atoms with Crippen LogP contribution in [0.25, 0.3) is 0 Å². The molecule has 2 heterocycles. The summed E-state index contributed by atoms with van der Waals surface area (Å²) in [5.74, 6) is 0. The Labute approximate surface area is 128 Å². The molecule has 3 nitrogen and oxygen atoms in total. The monoisotopic (exact) mass is 288 g/mol. The average Bonchev–Trinajstić information content (AvgIpc) is 2.92. The number of benzene rings is 1. The fourth-order valence-electron chi connectivity index (χ4n) is 3.54. The van der Waals surface area contributed by atoms with Gasteiger partial charge >= 0.3 is 0 Å². The van der Waals surface area contributed by atoms with E-state index in [-0.39, 0.29) is 0 Å². The summed E-state index contributed by atoms with van der Waals surface area (Å²) in [6.07, 6.45) is 5.92. The number of rotatable bonds is 5. The molecule has 1 aromatic rings. The van der Waals surface area contributed by atoms with Crippen LogP contribution in [0, 0.1) is 0 Å². The summed E-state index contributed by atoms with van der Waals surface area (Å²) in [5.41, 5.74) is 1.42. The maximum Gasteiger partial charge on any atom is 0.0704 e. The number of piperidine rings is 1. The molecule has 3 unspecified atom stereocenters. The van der Waals surface area contributed by atoms with Crippen molar-refractivity contribution in [3.63, 3.8) is 0 Å². The molecule has 3 heteroatoms. The summed E-state index contributed by atoms with van der Waals surface area (Å²) >= 11 is 0. The normalized spacial score (nSPS) is 30.6. The van der Waals surface area contributed by atoms with E-state index >= 15 is 0 Å². The Morgan fingerprint density at radius 1 is 1.19 bits per heavy atom. The zero-order chi connectivity index (χ0) is 14.5. The molecule has 0 saturated carbocycles. The number of nitrogens with zero attached hydrogens (tertiary/aromatic N) is 1. The zero-order valence-corrected chi connectivity index (χ0v) is 13.1. The van der Waals surface area contributed by atoms with E-state index in [9.17, 15) is 0 Å². The molecular weight excluding hydrogens is 260 g/mol. The molecule has 116 valence electrons. The van der Waals surface area contributed by atoms with Crippen LogP contribution >= 0.6 is 0 Å². The van der Waals surface area contributed by atoms with Crippen LogP contribution in [-0.2, 0) is 11.3 Å². The van der Waals surface area contributed by atoms with Crippen LogP contribution in [0.15, 0.2) is 30.3 Å². The first kappa shape index (κ1) is 15.0. The Hall–Kier alpha value is -0.900. The van der Waals surface area contributed by atoms with Gasteiger partial charge in [0.1, 0.15) is 0 Å². The first-order valence-electron chi connectivity index (χ1n) is 8.45. The summed E-state index contributed by atoms with van der Waals surface area (Å²) in [5, 5.41) is 3.73. The van der Waals surface area contributed by atoms with Gasteiger partial charge in [0.2, 0.25) is 0 Å². The Kier molecular flexibility index (Phi) is 5.28. The third kappa shape index (κ3) is 4.53. The molecule has 2 aliphatic rings. The van der Waals surface area contributed by atoms with Crippen molar-refractivity contribution in [2.45, 2.75) is 57.4 Å². The molecule has 0 bridgehead atoms. The Balaban J connectivity index is 1.43. The van der Waals surface area contributed by atoms with E-state index in [0.717, 1.165) is 19.6 Å². The molecule has 2 saturated heterocycles. The first-order chi connectivity index (χ1) is 10.3. The van der Waals surface area contributed by atoms with Crippen molar-refractivity contribution >= 4 is 0 Å². The maximum atomic E-state index is 5.90. The highest BCUT2D eigenvalue weighted by atomic mass is 16.5. The first-order valence-corrected chi connectivity index (χ1v) is 8.45. The van der Waals surface area contributed by atoms with Gasteiger partial charge in [-0.3, -0.25) is 4.90 Å². The molecular formula is C18H28N2O. The summed E-state index contributed by atoms with van der Waals surface area (Å²) in [4.78, 5) is 2.58. The van der Waals surface area contributed by atoms with Crippen molar-refractivity contribution in [2.24, 2.45) is 0 Å². The van der Waals surface area contributed by atoms with E-state index in [0.29, 0.717) is 18.2 Å². The molecule has 1 N–H and O–H groups in total. The minimum absolute atomic E-state index is 0.435. The second kappa shape index (κ2) is 7.39. The van der Waals surface area contributed by atoms with Gasteiger partial charge in [0.25, 0.3) is 0 Å². The quantitative estimate of drug-likeness (QED) is 0.901. The van der Waals surface area contributed by atoms with E-state index in [4.69, 9.17) is 4.74 Å². The fraction of sp³-hybridized carbons (Fsp3) is 0.667. The Morgan fingerprint density at radius 3 is 2.81 bits per heavy atom. The molecule has 0 spiro atoms. The van der Waals surface area contributed by atoms with E-state index in [1.165, 1.54) is 37.8 Å². The van der Waals surface area contributed by atoms with Gasteiger partial charge in [-0.2, -0.15) is 0 Å². The number of nitrogens with one attached hydrogen (secondary N) is 1. The van der Waals surface area contributed by atoms with Crippen LogP contribution in [0.4, 0.5) is 0 Å². The van der Waals surface area contributed by atoms with Crippen LogP contribution in [0.5, 0.6) is 0 Å². The lowest BCUT2D eigenvalue weighted by molar-refractivity contribution is 0.0515. The minimum Gasteiger partial charge on any atom is -0.374 e. The van der Waals surface area contributed by atoms with Crippen molar-refractivity contribution in [1.82, 2.24) is 10.2 Å². The number of likely N-dealkylation sites (tertiary alicyclic amines) is 1. The van der Waals surface area contributed by atoms with E-state index < -0.39 is 0 Å². The number of ether oxygens (including phenoxy) is 1. The van der Waals surface area contributed by atoms with Gasteiger partial charge in [0.05, 0.1) is 12.2 Å². The molecule has 0 amide bonds. The van der Waals surface area contributed by atoms with Gasteiger partial charge in [-0.15, -0.1) is 0 Å². The smallest absolute Gasteiger partial charge is 0.0704 e. The zero-order valence-electron chi connectivity index (χ0n) is 13.1. The molecule has 0 aliphatic carbocycles. The summed E-state index contributed by atoms with van der Waals surface area (Å²) < 4.78 is 5.90. The highest BCUT2D eigenvalue weighted by Gasteiger charge is 2.24. The van der Waals surface area contributed by atoms with E-state index in [2.05, 4.69) is 47.5 Å². The second-order valence-electron chi connectivity index (χ2n) is 6.61. The lowest BCUT2D eigenvalue weighted by Gasteiger charge is -2.33. The van der Waals surface area contributed by atoms with Gasteiger partial charge in [0, 0.05) is 25.7 Å². The highest BCUT2D eigenvalue weighted by Crippen LogP contribution is 2.19. The predicted molar refractivity (Wildman–Crippen MR) is 86.3 cm³/mol. The lowest BCUT2D eigenvalue weighted by atomic mass is 10.0. The molecule has 0 radical (unpaired) electrons. The third-order valence-electron chi connectivity index (χ3n) is 4.71. The summed E-state index contributed by atoms with van der Waals surface area (Å²) in [6, 6.07) is 11.4. The molecule has 2 aliphatic heterocycles. The van der Waals surface area contributed by atoms with Crippen LogP contribution < -0.4 is 5.32 Å². The third-order valence-corrected chi connectivity index (χ3v) is 4.71. The van der Waals surface area contributed by atoms with Crippen molar-refractivity contribution in [3.05, 3.63) is 35.9 Å². The van der Waals surface area contributed by atoms with E-state index in [1.54, 1.807) is 0 Å². The largest absolute Gasteiger partial charge is 0.374 e. The van der Waals surface area contributed by atoms with Crippen molar-refractivity contribution < 1.29 is 4.74 Å². The number of hydrogen-bond acceptors (Lipinski definition) is 3. The summed E-state index contributed by atoms with van der Waals surface area (Å²) in [6.45, 7) is 6.67. The van der Waals surface area contributed by atoms with Crippen LogP contribution in [0.2, 0.25) is 0 Å². The molecule has 21 heavy (non-hydrogen) atoms. The van der Waals surface area contributed by atoms with Crippen LogP contribution in [-0.4, -0.2) is 42.8 Å². The SMILES string of the molecule is CC1CCC(CNC2CCCN(Cc3ccccc3)C2)O1. The lowest BCUT2D eigenvalue weighted by Crippen LogP contribution is -2.47. The molecule has 3 atom stereocenters. The van der Waals surface area contributed by atoms with Crippen molar-refractivity contribution in [3.8, 4) is 0 Å². The molecule has 1 aromatic carbocycles. The standard InChI is InChI=1S/C18H28N2O/c1-15-9-10-18(21-15)12-19-17-8-5-11-20(14-17)13-16-6-3-2-4-7-16/h2-4,6-7,15,17-19H,5,8-14H2,1H3. The van der Waals surface area contributed by atoms with Gasteiger partial charge in [0.15, 0.2) is 0 Å². The highest BCUT2D eigenvalue weighted by molar-refractivity contribution is 5.14. The Morgan fingerprint density at radius 2 is 2.05 bits per heavy atom. The molecule has 3 rings (SSSR count).